The van der Waals surface area contributed by atoms with E-state index in [0.717, 1.165) is 16.7 Å². The van der Waals surface area contributed by atoms with E-state index < -0.39 is 24.4 Å². The topological polar surface area (TPSA) is 62.2 Å². The minimum Gasteiger partial charge on any atom is -0.389 e. The molecule has 0 spiro atoms. The lowest BCUT2D eigenvalue weighted by molar-refractivity contribution is -0.155. The fourth-order valence-corrected chi connectivity index (χ4v) is 4.17. The lowest BCUT2D eigenvalue weighted by atomic mass is 10.0. The van der Waals surface area contributed by atoms with Gasteiger partial charge in [-0.1, -0.05) is 91.0 Å². The van der Waals surface area contributed by atoms with Crippen LogP contribution in [0.1, 0.15) is 16.7 Å². The summed E-state index contributed by atoms with van der Waals surface area (Å²) in [6, 6.07) is 29.8. The summed E-state index contributed by atoms with van der Waals surface area (Å²) in [6.07, 6.45) is -2.87. The van der Waals surface area contributed by atoms with Crippen molar-refractivity contribution in [3.05, 3.63) is 108 Å². The zero-order valence-corrected chi connectivity index (χ0v) is 18.2. The van der Waals surface area contributed by atoms with Crippen LogP contribution >= 0.6 is 0 Å². The molecule has 0 unspecified atom stereocenters. The molecule has 0 amide bonds. The van der Waals surface area contributed by atoms with E-state index in [-0.39, 0.29) is 0 Å². The van der Waals surface area contributed by atoms with Crippen LogP contribution in [-0.2, 0) is 29.2 Å². The first-order valence-electron chi connectivity index (χ1n) is 11.1. The zero-order chi connectivity index (χ0) is 22.2. The van der Waals surface area contributed by atoms with Gasteiger partial charge in [-0.05, 0) is 16.7 Å². The number of likely N-dealkylation sites (tertiary alicyclic amines) is 1. The van der Waals surface area contributed by atoms with Gasteiger partial charge in [-0.3, -0.25) is 4.90 Å². The van der Waals surface area contributed by atoms with Crippen LogP contribution in [0.3, 0.4) is 0 Å². The number of aliphatic hydroxyl groups is 2. The molecule has 0 aromatic heterocycles. The van der Waals surface area contributed by atoms with Gasteiger partial charge in [0.2, 0.25) is 0 Å². The van der Waals surface area contributed by atoms with E-state index in [1.165, 1.54) is 0 Å². The Morgan fingerprint density at radius 2 is 0.969 bits per heavy atom. The Balaban J connectivity index is 1.49. The molecule has 1 aliphatic heterocycles. The van der Waals surface area contributed by atoms with Crippen LogP contribution in [0.25, 0.3) is 0 Å². The average Bonchev–Trinajstić information content (AvgIpc) is 2.93. The standard InChI is InChI=1S/C27H31NO4/c29-24-17-28(16-21-10-4-1-5-11-21)18-25(30)27(32-20-23-14-8-3-9-15-23)26(24)31-19-22-12-6-2-7-13-22/h1-15,24-27,29-30H,16-20H2/t24-,25-,26+,27+/m0/s1. The van der Waals surface area contributed by atoms with Gasteiger partial charge in [-0.25, -0.2) is 0 Å². The average molecular weight is 434 g/mol. The molecule has 1 aliphatic rings. The van der Waals surface area contributed by atoms with E-state index >= 15 is 0 Å². The van der Waals surface area contributed by atoms with E-state index in [1.807, 2.05) is 78.9 Å². The van der Waals surface area contributed by atoms with Gasteiger partial charge < -0.3 is 19.7 Å². The van der Waals surface area contributed by atoms with Crippen LogP contribution in [0.5, 0.6) is 0 Å². The van der Waals surface area contributed by atoms with Crippen LogP contribution < -0.4 is 0 Å². The number of ether oxygens (including phenoxy) is 2. The Morgan fingerprint density at radius 3 is 1.38 bits per heavy atom. The normalized spacial score (nSPS) is 24.2. The highest BCUT2D eigenvalue weighted by Gasteiger charge is 2.40. The Labute approximate surface area is 189 Å². The maximum atomic E-state index is 11.1. The molecule has 3 aromatic carbocycles. The summed E-state index contributed by atoms with van der Waals surface area (Å²) in [5.41, 5.74) is 3.17. The zero-order valence-electron chi connectivity index (χ0n) is 18.2. The Bertz CT molecular complexity index is 865. The van der Waals surface area contributed by atoms with E-state index in [4.69, 9.17) is 9.47 Å². The third-order valence-electron chi connectivity index (χ3n) is 5.79. The van der Waals surface area contributed by atoms with E-state index in [2.05, 4.69) is 17.0 Å². The van der Waals surface area contributed by atoms with Crippen LogP contribution in [0, 0.1) is 0 Å². The molecule has 0 radical (unpaired) electrons. The third-order valence-corrected chi connectivity index (χ3v) is 5.79. The highest BCUT2D eigenvalue weighted by atomic mass is 16.6. The van der Waals surface area contributed by atoms with Gasteiger partial charge in [-0.15, -0.1) is 0 Å². The molecule has 5 heteroatoms. The Hall–Kier alpha value is -2.54. The van der Waals surface area contributed by atoms with Crippen molar-refractivity contribution in [2.45, 2.75) is 44.2 Å². The Kier molecular flexibility index (Phi) is 8.04. The highest BCUT2D eigenvalue weighted by molar-refractivity contribution is 5.16. The summed E-state index contributed by atoms with van der Waals surface area (Å²) in [6.45, 7) is 2.14. The fourth-order valence-electron chi connectivity index (χ4n) is 4.17. The van der Waals surface area contributed by atoms with Crippen molar-refractivity contribution in [3.63, 3.8) is 0 Å². The second kappa shape index (κ2) is 11.4. The molecule has 1 saturated heterocycles. The summed E-state index contributed by atoms with van der Waals surface area (Å²) >= 11 is 0. The molecular formula is C27H31NO4. The van der Waals surface area contributed by atoms with E-state index in [9.17, 15) is 10.2 Å². The molecule has 4 atom stereocenters. The maximum Gasteiger partial charge on any atom is 0.114 e. The van der Waals surface area contributed by atoms with Crippen molar-refractivity contribution in [1.82, 2.24) is 4.90 Å². The van der Waals surface area contributed by atoms with Crippen LogP contribution in [0.4, 0.5) is 0 Å². The van der Waals surface area contributed by atoms with Gasteiger partial charge in [0.15, 0.2) is 0 Å². The molecule has 5 nitrogen and oxygen atoms in total. The number of β-amino-alcohol motifs (C(OH)–C–C–N with tert-alkyl or cyclic N) is 2. The predicted octanol–water partition coefficient (Wildman–Crippen LogP) is 3.39. The molecule has 0 aliphatic carbocycles. The second-order valence-corrected chi connectivity index (χ2v) is 8.34. The number of rotatable bonds is 8. The number of hydrogen-bond acceptors (Lipinski definition) is 5. The van der Waals surface area contributed by atoms with Crippen molar-refractivity contribution in [2.24, 2.45) is 0 Å². The highest BCUT2D eigenvalue weighted by Crippen LogP contribution is 2.23. The van der Waals surface area contributed by atoms with Crippen LogP contribution in [0.2, 0.25) is 0 Å². The predicted molar refractivity (Wildman–Crippen MR) is 124 cm³/mol. The van der Waals surface area contributed by atoms with Gasteiger partial charge in [0.25, 0.3) is 0 Å². The number of hydrogen-bond donors (Lipinski definition) is 2. The minimum absolute atomic E-state index is 0.346. The van der Waals surface area contributed by atoms with Crippen molar-refractivity contribution in [3.8, 4) is 0 Å². The second-order valence-electron chi connectivity index (χ2n) is 8.34. The van der Waals surface area contributed by atoms with E-state index in [1.54, 1.807) is 0 Å². The molecule has 168 valence electrons. The quantitative estimate of drug-likeness (QED) is 0.570. The third kappa shape index (κ3) is 6.25. The van der Waals surface area contributed by atoms with Gasteiger partial charge in [0, 0.05) is 19.6 Å². The molecule has 1 fully saturated rings. The summed E-state index contributed by atoms with van der Waals surface area (Å²) < 4.78 is 12.3. The SMILES string of the molecule is O[C@H]1CN(Cc2ccccc2)C[C@H](O)[C@@H](OCc2ccccc2)[C@@H]1OCc1ccccc1. The lowest BCUT2D eigenvalue weighted by Gasteiger charge is -2.31. The summed E-state index contributed by atoms with van der Waals surface area (Å²) in [7, 11) is 0. The summed E-state index contributed by atoms with van der Waals surface area (Å²) in [4.78, 5) is 2.06. The van der Waals surface area contributed by atoms with Crippen LogP contribution in [0.15, 0.2) is 91.0 Å². The lowest BCUT2D eigenvalue weighted by Crippen LogP contribution is -2.47. The first-order chi connectivity index (χ1) is 15.7. The van der Waals surface area contributed by atoms with Crippen molar-refractivity contribution in [1.29, 1.82) is 0 Å². The summed E-state index contributed by atoms with van der Waals surface area (Å²) in [5, 5.41) is 22.2. The van der Waals surface area contributed by atoms with Gasteiger partial charge >= 0.3 is 0 Å². The molecule has 32 heavy (non-hydrogen) atoms. The molecule has 4 rings (SSSR count). The number of nitrogens with zero attached hydrogens (tertiary/aromatic N) is 1. The van der Waals surface area contributed by atoms with Crippen molar-refractivity contribution in [2.75, 3.05) is 13.1 Å². The molecule has 3 aromatic rings. The van der Waals surface area contributed by atoms with Crippen molar-refractivity contribution >= 4 is 0 Å². The molecule has 1 heterocycles. The van der Waals surface area contributed by atoms with Crippen molar-refractivity contribution < 1.29 is 19.7 Å². The minimum atomic E-state index is -0.791. The molecule has 0 bridgehead atoms. The van der Waals surface area contributed by atoms with Gasteiger partial charge in [0.05, 0.1) is 25.4 Å². The molecule has 0 saturated carbocycles. The maximum absolute atomic E-state index is 11.1. The Morgan fingerprint density at radius 1 is 0.594 bits per heavy atom. The number of aliphatic hydroxyl groups excluding tert-OH is 2. The molecule has 2 N–H and O–H groups in total. The van der Waals surface area contributed by atoms with Gasteiger partial charge in [0.1, 0.15) is 12.2 Å². The first-order valence-corrected chi connectivity index (χ1v) is 11.1. The first kappa shape index (κ1) is 22.6. The smallest absolute Gasteiger partial charge is 0.114 e. The van der Waals surface area contributed by atoms with E-state index in [0.29, 0.717) is 32.8 Å². The summed E-state index contributed by atoms with van der Waals surface area (Å²) in [5.74, 6) is 0. The largest absolute Gasteiger partial charge is 0.389 e. The fraction of sp³-hybridized carbons (Fsp3) is 0.333. The molecular weight excluding hydrogens is 402 g/mol. The monoisotopic (exact) mass is 433 g/mol. The van der Waals surface area contributed by atoms with Gasteiger partial charge in [-0.2, -0.15) is 0 Å². The van der Waals surface area contributed by atoms with Crippen LogP contribution in [-0.4, -0.2) is 52.6 Å². The number of benzene rings is 3.